The molecule has 6 aliphatic rings. The number of anilines is 1. The topological polar surface area (TPSA) is 175 Å². The molecule has 0 unspecified atom stereocenters. The Balaban J connectivity index is 1.03. The summed E-state index contributed by atoms with van der Waals surface area (Å²) in [4.78, 5) is 88.7. The predicted molar refractivity (Wildman–Crippen MR) is 279 cm³/mol. The van der Waals surface area contributed by atoms with Gasteiger partial charge in [-0.2, -0.15) is 0 Å². The zero-order valence-corrected chi connectivity index (χ0v) is 44.5. The highest BCUT2D eigenvalue weighted by atomic mass is 32.1. The number of benzene rings is 1. The monoisotopic (exact) mass is 1010 g/mol. The fraction of sp³-hybridized carbons (Fsp3) is 0.582. The van der Waals surface area contributed by atoms with E-state index < -0.39 is 46.7 Å². The maximum absolute atomic E-state index is 14.8. The smallest absolute Gasteiger partial charge is 0.324 e. The Morgan fingerprint density at radius 1 is 1.01 bits per heavy atom. The quantitative estimate of drug-likeness (QED) is 0.179. The molecule has 0 aliphatic carbocycles. The fourth-order valence-electron chi connectivity index (χ4n) is 12.0. The molecule has 0 radical (unpaired) electrons. The van der Waals surface area contributed by atoms with Crippen LogP contribution in [0.5, 0.6) is 0 Å². The number of hydrazine groups is 1. The average molecular weight is 1020 g/mol. The highest BCUT2D eigenvalue weighted by Gasteiger charge is 2.58. The Morgan fingerprint density at radius 2 is 1.79 bits per heavy atom. The molecule has 9 heterocycles. The van der Waals surface area contributed by atoms with E-state index in [4.69, 9.17) is 19.4 Å². The Bertz CT molecular complexity index is 2900. The lowest BCUT2D eigenvalue weighted by atomic mass is 9.78. The SMILES string of the molecule is CC#CC(=O)N1CC2(CCN([C@H](C(=O)N[C@H]3Cc4nc(cs4)-c4cc5c6c(c4)c(c(-c4cc(N7CCN(C)CC7)cnc4[C@H](C)OC)n6CCC5)CC(C)(C)COC(=O)[C@@H]4CCCN(N4)C3=O)C(C)C)C2=O)C1. The maximum Gasteiger partial charge on any atom is 0.324 e. The third-order valence-corrected chi connectivity index (χ3v) is 16.9. The molecular weight excluding hydrogens is 945 g/mol. The lowest BCUT2D eigenvalue weighted by Crippen LogP contribution is -2.64. The summed E-state index contributed by atoms with van der Waals surface area (Å²) in [7, 11) is 3.89. The normalized spacial score (nSPS) is 22.9. The van der Waals surface area contributed by atoms with Crippen LogP contribution in [0.1, 0.15) is 95.2 Å². The third kappa shape index (κ3) is 9.62. The van der Waals surface area contributed by atoms with Gasteiger partial charge in [0.1, 0.15) is 18.1 Å². The number of likely N-dealkylation sites (tertiary alicyclic amines) is 2. The number of carbonyl (C=O) groups excluding carboxylic acids is 5. The van der Waals surface area contributed by atoms with Gasteiger partial charge in [-0.15, -0.1) is 11.3 Å². The van der Waals surface area contributed by atoms with Gasteiger partial charge in [0.05, 0.1) is 57.6 Å². The van der Waals surface area contributed by atoms with Crippen LogP contribution in [0.4, 0.5) is 5.69 Å². The lowest BCUT2D eigenvalue weighted by molar-refractivity contribution is -0.155. The van der Waals surface area contributed by atoms with Crippen molar-refractivity contribution in [3.8, 4) is 34.4 Å². The van der Waals surface area contributed by atoms with Gasteiger partial charge in [-0.25, -0.2) is 10.4 Å². The fourth-order valence-corrected chi connectivity index (χ4v) is 12.9. The van der Waals surface area contributed by atoms with E-state index >= 15 is 0 Å². The van der Waals surface area contributed by atoms with Crippen LogP contribution >= 0.6 is 11.3 Å². The van der Waals surface area contributed by atoms with E-state index in [0.29, 0.717) is 43.8 Å². The molecule has 4 saturated heterocycles. The third-order valence-electron chi connectivity index (χ3n) is 16.1. The first-order valence-electron chi connectivity index (χ1n) is 26.1. The molecule has 6 bridgehead atoms. The van der Waals surface area contributed by atoms with Crippen LogP contribution in [0.25, 0.3) is 33.4 Å². The van der Waals surface area contributed by atoms with Crippen LogP contribution < -0.4 is 15.6 Å². The van der Waals surface area contributed by atoms with Crippen molar-refractivity contribution in [2.45, 2.75) is 117 Å². The summed E-state index contributed by atoms with van der Waals surface area (Å²) in [6, 6.07) is 4.10. The van der Waals surface area contributed by atoms with Crippen LogP contribution in [-0.4, -0.2) is 155 Å². The van der Waals surface area contributed by atoms with Crippen LogP contribution in [0, 0.1) is 28.6 Å². The minimum absolute atomic E-state index is 0.0902. The largest absolute Gasteiger partial charge is 0.464 e. The average Bonchev–Trinajstić information content (AvgIpc) is 4.06. The zero-order valence-electron chi connectivity index (χ0n) is 43.6. The van der Waals surface area contributed by atoms with E-state index in [-0.39, 0.29) is 50.0 Å². The van der Waals surface area contributed by atoms with Crippen molar-refractivity contribution < 1.29 is 33.4 Å². The van der Waals surface area contributed by atoms with E-state index in [9.17, 15) is 24.0 Å². The first-order valence-corrected chi connectivity index (χ1v) is 27.0. The van der Waals surface area contributed by atoms with E-state index in [2.05, 4.69) is 83.0 Å². The number of aromatic nitrogens is 3. The summed E-state index contributed by atoms with van der Waals surface area (Å²) in [5.41, 5.74) is 11.3. The minimum Gasteiger partial charge on any atom is -0.464 e. The van der Waals surface area contributed by atoms with Gasteiger partial charge in [0.25, 0.3) is 11.8 Å². The number of thiazole rings is 1. The number of aryl methyl sites for hydroxylation is 2. The van der Waals surface area contributed by atoms with Gasteiger partial charge < -0.3 is 39.0 Å². The number of ether oxygens (including phenoxy) is 2. The number of esters is 1. The summed E-state index contributed by atoms with van der Waals surface area (Å²) in [6.45, 7) is 17.6. The summed E-state index contributed by atoms with van der Waals surface area (Å²) < 4.78 is 14.8. The molecule has 4 atom stereocenters. The Kier molecular flexibility index (Phi) is 13.9. The number of hydrogen-bond acceptors (Lipinski definition) is 13. The summed E-state index contributed by atoms with van der Waals surface area (Å²) in [5.74, 6) is 3.14. The molecule has 3 aromatic heterocycles. The molecule has 1 spiro atoms. The molecule has 10 rings (SSSR count). The van der Waals surface area contributed by atoms with Crippen LogP contribution in [0.15, 0.2) is 29.8 Å². The van der Waals surface area contributed by atoms with E-state index in [1.807, 2.05) is 25.4 Å². The number of nitrogens with one attached hydrogen (secondary N) is 2. The number of carbonyl (C=O) groups is 5. The molecule has 73 heavy (non-hydrogen) atoms. The van der Waals surface area contributed by atoms with Crippen molar-refractivity contribution in [2.24, 2.45) is 16.7 Å². The number of piperazine rings is 1. The molecule has 6 aliphatic heterocycles. The van der Waals surface area contributed by atoms with Gasteiger partial charge in [-0.1, -0.05) is 33.6 Å². The molecule has 4 aromatic rings. The van der Waals surface area contributed by atoms with E-state index in [1.54, 1.807) is 23.8 Å². The van der Waals surface area contributed by atoms with E-state index in [0.717, 1.165) is 90.4 Å². The Morgan fingerprint density at radius 3 is 2.53 bits per heavy atom. The molecule has 388 valence electrons. The number of rotatable bonds is 8. The maximum atomic E-state index is 14.8. The summed E-state index contributed by atoms with van der Waals surface area (Å²) >= 11 is 1.44. The van der Waals surface area contributed by atoms with Gasteiger partial charge in [-0.05, 0) is 101 Å². The molecule has 18 heteroatoms. The van der Waals surface area contributed by atoms with Gasteiger partial charge in [0.15, 0.2) is 0 Å². The Hall–Kier alpha value is -5.87. The Labute approximate surface area is 432 Å². The molecule has 0 saturated carbocycles. The highest BCUT2D eigenvalue weighted by molar-refractivity contribution is 7.10. The number of nitrogens with zero attached hydrogens (tertiary/aromatic N) is 8. The number of fused-ring (bicyclic) bond motifs is 6. The second-order valence-corrected chi connectivity index (χ2v) is 23.3. The molecule has 1 aromatic carbocycles. The first kappa shape index (κ1) is 50.7. The number of methoxy groups -OCH3 is 1. The number of pyridine rings is 1. The number of amides is 4. The predicted octanol–water partition coefficient (Wildman–Crippen LogP) is 4.99. The number of likely N-dealkylation sites (N-methyl/N-ethyl adjacent to an activating group) is 1. The van der Waals surface area contributed by atoms with Crippen LogP contribution in [0.2, 0.25) is 0 Å². The van der Waals surface area contributed by atoms with Gasteiger partial charge in [0.2, 0.25) is 11.8 Å². The minimum atomic E-state index is -1.07. The zero-order chi connectivity index (χ0) is 51.5. The van der Waals surface area contributed by atoms with Crippen molar-refractivity contribution in [1.29, 1.82) is 0 Å². The molecule has 4 fully saturated rings. The molecule has 17 nitrogen and oxygen atoms in total. The summed E-state index contributed by atoms with van der Waals surface area (Å²) in [5, 5.41) is 8.36. The molecule has 4 amide bonds. The molecular formula is C55H70N10O7S. The second kappa shape index (κ2) is 20.1. The van der Waals surface area contributed by atoms with Crippen molar-refractivity contribution in [3.05, 3.63) is 51.6 Å². The standard InChI is InChI=1S/C55H70N10O7S/c1-9-12-45(66)62-30-55(31-62)15-18-64(53(55)70)47(33(2)3)50(67)58-42-26-44-57-43(29-73-44)36-23-35-13-10-16-63-48(35)38(24-36)40(27-54(5,6)32-72-52(69)41-14-11-17-65(59-41)51(42)68)49(63)39-25-37(28-56-46(39)34(4)71-8)61-21-19-60(7)20-22-61/h23-25,28-29,33-34,41-42,47,59H,10-11,13-22,26-27,30-32H2,1-8H3,(H,58,67)/t34-,41-,42-,47-/m0/s1. The first-order chi connectivity index (χ1) is 35.0. The van der Waals surface area contributed by atoms with Gasteiger partial charge >= 0.3 is 5.97 Å². The van der Waals surface area contributed by atoms with Crippen LogP contribution in [0.3, 0.4) is 0 Å². The van der Waals surface area contributed by atoms with Gasteiger partial charge in [-0.3, -0.25) is 34.0 Å². The molecule has 2 N–H and O–H groups in total. The number of cyclic esters (lactones) is 1. The van der Waals surface area contributed by atoms with E-state index in [1.165, 1.54) is 27.4 Å². The number of hydrogen-bond donors (Lipinski definition) is 2. The van der Waals surface area contributed by atoms with Gasteiger partial charge in [0, 0.05) is 99.7 Å². The van der Waals surface area contributed by atoms with Crippen molar-refractivity contribution in [3.63, 3.8) is 0 Å². The summed E-state index contributed by atoms with van der Waals surface area (Å²) in [6.07, 6.45) is 5.77. The highest BCUT2D eigenvalue weighted by Crippen LogP contribution is 2.46. The van der Waals surface area contributed by atoms with Crippen LogP contribution in [-0.2, 0) is 59.3 Å². The van der Waals surface area contributed by atoms with Crippen molar-refractivity contribution in [1.82, 2.24) is 45.0 Å². The van der Waals surface area contributed by atoms with Crippen molar-refractivity contribution in [2.75, 3.05) is 78.0 Å². The lowest BCUT2D eigenvalue weighted by Gasteiger charge is -2.46. The second-order valence-electron chi connectivity index (χ2n) is 22.3. The van der Waals surface area contributed by atoms with Crippen molar-refractivity contribution >= 4 is 57.5 Å².